The molecule has 0 aliphatic rings. The standard InChI is InChI=1S/C25H27N5/c1-16-10-12-20(18(3)26-16)21-8-7-9-23(28-21)25(5,6)24-14-15-30(29-24)22-13-11-17(2)27-19(22)4/h7-15H,1-6H3. The Hall–Kier alpha value is -3.34. The van der Waals surface area contributed by atoms with E-state index in [1.54, 1.807) is 0 Å². The summed E-state index contributed by atoms with van der Waals surface area (Å²) < 4.78 is 1.90. The number of hydrogen-bond acceptors (Lipinski definition) is 4. The topological polar surface area (TPSA) is 56.5 Å². The van der Waals surface area contributed by atoms with Crippen LogP contribution in [0.25, 0.3) is 16.9 Å². The highest BCUT2D eigenvalue weighted by Crippen LogP contribution is 2.31. The quantitative estimate of drug-likeness (QED) is 0.470. The molecule has 0 bridgehead atoms. The molecule has 152 valence electrons. The minimum atomic E-state index is -0.348. The van der Waals surface area contributed by atoms with Crippen molar-refractivity contribution in [3.63, 3.8) is 0 Å². The molecule has 4 aromatic heterocycles. The first-order valence-corrected chi connectivity index (χ1v) is 10.2. The van der Waals surface area contributed by atoms with Crippen LogP contribution in [0.5, 0.6) is 0 Å². The Morgan fingerprint density at radius 3 is 2.10 bits per heavy atom. The minimum Gasteiger partial charge on any atom is -0.258 e. The van der Waals surface area contributed by atoms with Crippen molar-refractivity contribution in [3.05, 3.63) is 88.9 Å². The number of pyridine rings is 3. The molecule has 0 radical (unpaired) electrons. The number of aryl methyl sites for hydroxylation is 4. The van der Waals surface area contributed by atoms with Gasteiger partial charge in [-0.3, -0.25) is 15.0 Å². The van der Waals surface area contributed by atoms with E-state index in [2.05, 4.69) is 54.1 Å². The van der Waals surface area contributed by atoms with Crippen LogP contribution in [0.1, 0.15) is 48.0 Å². The maximum absolute atomic E-state index is 4.99. The van der Waals surface area contributed by atoms with Crippen LogP contribution in [0.3, 0.4) is 0 Å². The van der Waals surface area contributed by atoms with E-state index in [1.165, 1.54) is 0 Å². The maximum Gasteiger partial charge on any atom is 0.0858 e. The van der Waals surface area contributed by atoms with Crippen LogP contribution in [0.15, 0.2) is 54.7 Å². The zero-order valence-corrected chi connectivity index (χ0v) is 18.4. The Kier molecular flexibility index (Phi) is 4.98. The summed E-state index contributed by atoms with van der Waals surface area (Å²) in [5.41, 5.74) is 8.55. The van der Waals surface area contributed by atoms with E-state index in [0.29, 0.717) is 0 Å². The van der Waals surface area contributed by atoms with E-state index in [0.717, 1.165) is 51.1 Å². The van der Waals surface area contributed by atoms with Crippen molar-refractivity contribution >= 4 is 0 Å². The Morgan fingerprint density at radius 2 is 1.40 bits per heavy atom. The van der Waals surface area contributed by atoms with Crippen LogP contribution < -0.4 is 0 Å². The molecule has 4 rings (SSSR count). The van der Waals surface area contributed by atoms with Crippen LogP contribution in [0.2, 0.25) is 0 Å². The molecule has 30 heavy (non-hydrogen) atoms. The van der Waals surface area contributed by atoms with Gasteiger partial charge in [0.15, 0.2) is 0 Å². The Morgan fingerprint density at radius 1 is 0.700 bits per heavy atom. The van der Waals surface area contributed by atoms with Gasteiger partial charge in [-0.2, -0.15) is 5.10 Å². The van der Waals surface area contributed by atoms with Crippen molar-refractivity contribution < 1.29 is 0 Å². The highest BCUT2D eigenvalue weighted by atomic mass is 15.3. The molecule has 0 fully saturated rings. The Balaban J connectivity index is 1.71. The van der Waals surface area contributed by atoms with Gasteiger partial charge in [0, 0.05) is 28.8 Å². The van der Waals surface area contributed by atoms with Gasteiger partial charge in [-0.15, -0.1) is 0 Å². The summed E-state index contributed by atoms with van der Waals surface area (Å²) in [6.07, 6.45) is 1.99. The van der Waals surface area contributed by atoms with Gasteiger partial charge in [-0.25, -0.2) is 4.68 Å². The molecule has 0 saturated heterocycles. The Bertz CT molecular complexity index is 1220. The molecule has 0 N–H and O–H groups in total. The molecular weight excluding hydrogens is 370 g/mol. The summed E-state index contributed by atoms with van der Waals surface area (Å²) >= 11 is 0. The van der Waals surface area contributed by atoms with Crippen molar-refractivity contribution in [1.82, 2.24) is 24.7 Å². The molecule has 0 atom stereocenters. The van der Waals surface area contributed by atoms with Crippen molar-refractivity contribution in [2.75, 3.05) is 0 Å². The highest BCUT2D eigenvalue weighted by molar-refractivity contribution is 5.62. The van der Waals surface area contributed by atoms with Gasteiger partial charge in [0.2, 0.25) is 0 Å². The molecule has 0 spiro atoms. The second-order valence-electron chi connectivity index (χ2n) is 8.32. The second kappa shape index (κ2) is 7.48. The molecule has 0 aliphatic carbocycles. The first-order valence-electron chi connectivity index (χ1n) is 10.2. The summed E-state index contributed by atoms with van der Waals surface area (Å²) in [6.45, 7) is 12.4. The van der Waals surface area contributed by atoms with E-state index < -0.39 is 0 Å². The first-order chi connectivity index (χ1) is 14.3. The van der Waals surface area contributed by atoms with Crippen LogP contribution in [-0.2, 0) is 5.41 Å². The van der Waals surface area contributed by atoms with Crippen molar-refractivity contribution in [3.8, 4) is 16.9 Å². The molecule has 0 aromatic carbocycles. The molecule has 5 heteroatoms. The fourth-order valence-electron chi connectivity index (χ4n) is 3.73. The minimum absolute atomic E-state index is 0.348. The molecule has 5 nitrogen and oxygen atoms in total. The number of nitrogens with zero attached hydrogens (tertiary/aromatic N) is 5. The molecular formula is C25H27N5. The predicted octanol–water partition coefficient (Wildman–Crippen LogP) is 5.28. The second-order valence-corrected chi connectivity index (χ2v) is 8.32. The van der Waals surface area contributed by atoms with Crippen LogP contribution >= 0.6 is 0 Å². The van der Waals surface area contributed by atoms with Gasteiger partial charge < -0.3 is 0 Å². The average Bonchev–Trinajstić information content (AvgIpc) is 3.19. The lowest BCUT2D eigenvalue weighted by molar-refractivity contribution is 0.585. The van der Waals surface area contributed by atoms with Gasteiger partial charge in [-0.1, -0.05) is 6.07 Å². The summed E-state index contributed by atoms with van der Waals surface area (Å²) in [7, 11) is 0. The van der Waals surface area contributed by atoms with E-state index in [4.69, 9.17) is 10.1 Å². The molecule has 4 heterocycles. The van der Waals surface area contributed by atoms with Crippen LogP contribution in [0, 0.1) is 27.7 Å². The van der Waals surface area contributed by atoms with E-state index >= 15 is 0 Å². The van der Waals surface area contributed by atoms with E-state index in [9.17, 15) is 0 Å². The largest absolute Gasteiger partial charge is 0.258 e. The number of rotatable bonds is 4. The third kappa shape index (κ3) is 3.63. The third-order valence-corrected chi connectivity index (χ3v) is 5.56. The monoisotopic (exact) mass is 397 g/mol. The molecule has 0 amide bonds. The predicted molar refractivity (Wildman–Crippen MR) is 120 cm³/mol. The van der Waals surface area contributed by atoms with Crippen molar-refractivity contribution in [2.45, 2.75) is 47.0 Å². The smallest absolute Gasteiger partial charge is 0.0858 e. The lowest BCUT2D eigenvalue weighted by Gasteiger charge is -2.22. The summed E-state index contributed by atoms with van der Waals surface area (Å²) in [6, 6.07) is 16.4. The summed E-state index contributed by atoms with van der Waals surface area (Å²) in [5, 5.41) is 4.87. The fourth-order valence-corrected chi connectivity index (χ4v) is 3.73. The van der Waals surface area contributed by atoms with Gasteiger partial charge in [0.25, 0.3) is 0 Å². The molecule has 0 aliphatic heterocycles. The SMILES string of the molecule is Cc1ccc(-c2cccc(C(C)(C)c3ccn(-c4ccc(C)nc4C)n3)n2)c(C)n1. The lowest BCUT2D eigenvalue weighted by atomic mass is 9.85. The zero-order valence-electron chi connectivity index (χ0n) is 18.4. The maximum atomic E-state index is 4.99. The van der Waals surface area contributed by atoms with Crippen LogP contribution in [0.4, 0.5) is 0 Å². The van der Waals surface area contributed by atoms with Crippen LogP contribution in [-0.4, -0.2) is 24.7 Å². The van der Waals surface area contributed by atoms with Gasteiger partial charge >= 0.3 is 0 Å². The van der Waals surface area contributed by atoms with Crippen molar-refractivity contribution in [2.24, 2.45) is 0 Å². The highest BCUT2D eigenvalue weighted by Gasteiger charge is 2.28. The zero-order chi connectivity index (χ0) is 21.5. The van der Waals surface area contributed by atoms with E-state index in [1.807, 2.05) is 56.8 Å². The Labute approximate surface area is 177 Å². The molecule has 4 aromatic rings. The lowest BCUT2D eigenvalue weighted by Crippen LogP contribution is -2.22. The average molecular weight is 398 g/mol. The molecule has 0 unspecified atom stereocenters. The third-order valence-electron chi connectivity index (χ3n) is 5.56. The fraction of sp³-hybridized carbons (Fsp3) is 0.280. The van der Waals surface area contributed by atoms with E-state index in [-0.39, 0.29) is 5.41 Å². The normalized spacial score (nSPS) is 11.7. The first kappa shape index (κ1) is 20.0. The number of aromatic nitrogens is 5. The van der Waals surface area contributed by atoms with Gasteiger partial charge in [0.05, 0.1) is 33.9 Å². The molecule has 0 saturated carbocycles. The summed E-state index contributed by atoms with van der Waals surface area (Å²) in [5.74, 6) is 0. The van der Waals surface area contributed by atoms with Crippen molar-refractivity contribution in [1.29, 1.82) is 0 Å². The van der Waals surface area contributed by atoms with Gasteiger partial charge in [0.1, 0.15) is 0 Å². The number of hydrogen-bond donors (Lipinski definition) is 0. The van der Waals surface area contributed by atoms with Gasteiger partial charge in [-0.05, 0) is 84.0 Å². The summed E-state index contributed by atoms with van der Waals surface area (Å²) in [4.78, 5) is 14.1.